The number of hydrogen-bond donors (Lipinski definition) is 0. The number of allylic oxidation sites excluding steroid dienone is 1. The lowest BCUT2D eigenvalue weighted by molar-refractivity contribution is -0.0275. The number of nitrogens with zero attached hydrogens (tertiary/aromatic N) is 3. The second-order valence-electron chi connectivity index (χ2n) is 9.47. The maximum absolute atomic E-state index is 6.78. The number of benzene rings is 1. The lowest BCUT2D eigenvalue weighted by Crippen LogP contribution is -2.35. The van der Waals surface area contributed by atoms with Gasteiger partial charge in [0.1, 0.15) is 11.9 Å². The molecule has 1 aliphatic carbocycles. The van der Waals surface area contributed by atoms with E-state index in [2.05, 4.69) is 59.1 Å². The van der Waals surface area contributed by atoms with Gasteiger partial charge >= 0.3 is 0 Å². The number of piperidine rings is 1. The van der Waals surface area contributed by atoms with Crippen LogP contribution in [0.4, 0.5) is 0 Å². The van der Waals surface area contributed by atoms with Crippen LogP contribution < -0.4 is 0 Å². The number of imidazole rings is 1. The molecule has 3 heterocycles. The first-order chi connectivity index (χ1) is 14.8. The van der Waals surface area contributed by atoms with Gasteiger partial charge in [0.2, 0.25) is 0 Å². The molecule has 3 aliphatic rings. The van der Waals surface area contributed by atoms with Crippen molar-refractivity contribution in [2.24, 2.45) is 5.92 Å². The average Bonchev–Trinajstić information content (AvgIpc) is 3.40. The molecular weight excluding hydrogens is 370 g/mol. The molecule has 0 bridgehead atoms. The maximum Gasteiger partial charge on any atom is 0.143 e. The molecule has 1 aromatic carbocycles. The summed E-state index contributed by atoms with van der Waals surface area (Å²) in [6, 6.07) is 8.80. The minimum atomic E-state index is -0.0610. The first kappa shape index (κ1) is 20.0. The molecule has 5 rings (SSSR count). The van der Waals surface area contributed by atoms with Crippen LogP contribution in [-0.2, 0) is 17.7 Å². The molecular formula is C26H35N3O. The molecule has 4 nitrogen and oxygen atoms in total. The number of hydrogen-bond acceptors (Lipinski definition) is 3. The summed E-state index contributed by atoms with van der Waals surface area (Å²) in [4.78, 5) is 7.47. The third-order valence-corrected chi connectivity index (χ3v) is 7.25. The molecule has 1 aromatic heterocycles. The van der Waals surface area contributed by atoms with Gasteiger partial charge in [-0.1, -0.05) is 56.0 Å². The molecule has 2 fully saturated rings. The molecule has 2 aliphatic heterocycles. The monoisotopic (exact) mass is 405 g/mol. The van der Waals surface area contributed by atoms with Gasteiger partial charge < -0.3 is 14.2 Å². The average molecular weight is 406 g/mol. The van der Waals surface area contributed by atoms with E-state index in [9.17, 15) is 0 Å². The number of ether oxygens (including phenoxy) is 1. The van der Waals surface area contributed by atoms with Gasteiger partial charge in [-0.15, -0.1) is 0 Å². The van der Waals surface area contributed by atoms with Crippen LogP contribution in [0.5, 0.6) is 0 Å². The highest BCUT2D eigenvalue weighted by Crippen LogP contribution is 2.35. The van der Waals surface area contributed by atoms with Crippen LogP contribution in [0, 0.1) is 5.92 Å². The van der Waals surface area contributed by atoms with E-state index in [0.29, 0.717) is 6.10 Å². The summed E-state index contributed by atoms with van der Waals surface area (Å²) in [7, 11) is 2.20. The van der Waals surface area contributed by atoms with Crippen molar-refractivity contribution in [1.82, 2.24) is 14.5 Å². The Balaban J connectivity index is 1.39. The Labute approximate surface area is 180 Å². The van der Waals surface area contributed by atoms with Crippen LogP contribution in [0.15, 0.2) is 36.5 Å². The van der Waals surface area contributed by atoms with E-state index in [0.717, 1.165) is 56.3 Å². The third kappa shape index (κ3) is 4.40. The highest BCUT2D eigenvalue weighted by atomic mass is 16.5. The molecule has 0 radical (unpaired) electrons. The SMILES string of the molecule is CN1CCC(OC2c3ccccc3CCn3cc(C=CCC4CCCC4)nc32)CC1. The highest BCUT2D eigenvalue weighted by Gasteiger charge is 2.30. The molecule has 1 unspecified atom stereocenters. The zero-order valence-corrected chi connectivity index (χ0v) is 18.3. The topological polar surface area (TPSA) is 30.3 Å². The van der Waals surface area contributed by atoms with Crippen molar-refractivity contribution in [3.63, 3.8) is 0 Å². The molecule has 0 N–H and O–H groups in total. The van der Waals surface area contributed by atoms with Crippen LogP contribution >= 0.6 is 0 Å². The van der Waals surface area contributed by atoms with Crippen molar-refractivity contribution in [2.75, 3.05) is 20.1 Å². The fraction of sp³-hybridized carbons (Fsp3) is 0.577. The lowest BCUT2D eigenvalue weighted by Gasteiger charge is -2.32. The lowest BCUT2D eigenvalue weighted by atomic mass is 10.00. The van der Waals surface area contributed by atoms with E-state index in [4.69, 9.17) is 9.72 Å². The van der Waals surface area contributed by atoms with Crippen LogP contribution in [0.1, 0.15) is 73.7 Å². The number of aromatic nitrogens is 2. The highest BCUT2D eigenvalue weighted by molar-refractivity contribution is 5.45. The quantitative estimate of drug-likeness (QED) is 0.682. The predicted molar refractivity (Wildman–Crippen MR) is 121 cm³/mol. The third-order valence-electron chi connectivity index (χ3n) is 7.25. The van der Waals surface area contributed by atoms with Gasteiger partial charge in [0.25, 0.3) is 0 Å². The van der Waals surface area contributed by atoms with E-state index in [1.54, 1.807) is 0 Å². The standard InChI is InChI=1S/C26H35N3O/c1-28-16-14-23(15-17-28)30-25-24-12-5-4-10-21(24)13-18-29-19-22(27-26(25)29)11-6-9-20-7-2-3-8-20/h4-6,10-12,19-20,23,25H,2-3,7-9,13-18H2,1H3. The largest absolute Gasteiger partial charge is 0.362 e. The van der Waals surface area contributed by atoms with E-state index in [-0.39, 0.29) is 6.10 Å². The van der Waals surface area contributed by atoms with E-state index in [1.807, 2.05) is 0 Å². The normalized spacial score (nSPS) is 23.6. The number of likely N-dealkylation sites (tertiary alicyclic amines) is 1. The summed E-state index contributed by atoms with van der Waals surface area (Å²) >= 11 is 0. The van der Waals surface area contributed by atoms with Gasteiger partial charge in [-0.05, 0) is 55.9 Å². The second-order valence-corrected chi connectivity index (χ2v) is 9.47. The molecule has 2 aromatic rings. The summed E-state index contributed by atoms with van der Waals surface area (Å²) in [5, 5.41) is 0. The fourth-order valence-corrected chi connectivity index (χ4v) is 5.39. The van der Waals surface area contributed by atoms with Crippen LogP contribution in [0.2, 0.25) is 0 Å². The van der Waals surface area contributed by atoms with Crippen molar-refractivity contribution in [2.45, 2.75) is 70.1 Å². The van der Waals surface area contributed by atoms with Gasteiger partial charge in [0.05, 0.1) is 11.8 Å². The smallest absolute Gasteiger partial charge is 0.143 e. The summed E-state index contributed by atoms with van der Waals surface area (Å²) in [6.45, 7) is 3.20. The molecule has 4 heteroatoms. The minimum absolute atomic E-state index is 0.0610. The van der Waals surface area contributed by atoms with Crippen LogP contribution in [-0.4, -0.2) is 40.7 Å². The molecule has 0 amide bonds. The molecule has 0 spiro atoms. The van der Waals surface area contributed by atoms with E-state index in [1.165, 1.54) is 43.2 Å². The van der Waals surface area contributed by atoms with Crippen LogP contribution in [0.25, 0.3) is 6.08 Å². The van der Waals surface area contributed by atoms with Crippen molar-refractivity contribution >= 4 is 6.08 Å². The van der Waals surface area contributed by atoms with Gasteiger partial charge in [-0.2, -0.15) is 0 Å². The van der Waals surface area contributed by atoms with Crippen molar-refractivity contribution in [3.8, 4) is 0 Å². The zero-order valence-electron chi connectivity index (χ0n) is 18.3. The summed E-state index contributed by atoms with van der Waals surface area (Å²) in [5.74, 6) is 1.97. The van der Waals surface area contributed by atoms with Crippen molar-refractivity contribution in [3.05, 3.63) is 59.2 Å². The maximum atomic E-state index is 6.78. The summed E-state index contributed by atoms with van der Waals surface area (Å²) in [6.07, 6.45) is 17.1. The second kappa shape index (κ2) is 9.07. The predicted octanol–water partition coefficient (Wildman–Crippen LogP) is 5.23. The van der Waals surface area contributed by atoms with Crippen molar-refractivity contribution in [1.29, 1.82) is 0 Å². The van der Waals surface area contributed by atoms with Gasteiger partial charge in [-0.3, -0.25) is 0 Å². The first-order valence-corrected chi connectivity index (χ1v) is 11.9. The molecule has 1 atom stereocenters. The summed E-state index contributed by atoms with van der Waals surface area (Å²) in [5.41, 5.74) is 3.79. The molecule has 1 saturated heterocycles. The Hall–Kier alpha value is -1.91. The zero-order chi connectivity index (χ0) is 20.3. The number of fused-ring (bicyclic) bond motifs is 2. The van der Waals surface area contributed by atoms with E-state index < -0.39 is 0 Å². The van der Waals surface area contributed by atoms with Gasteiger partial charge in [-0.25, -0.2) is 4.98 Å². The Bertz CT molecular complexity index is 872. The fourth-order valence-electron chi connectivity index (χ4n) is 5.39. The molecule has 1 saturated carbocycles. The first-order valence-electron chi connectivity index (χ1n) is 11.9. The van der Waals surface area contributed by atoms with E-state index >= 15 is 0 Å². The minimum Gasteiger partial charge on any atom is -0.362 e. The van der Waals surface area contributed by atoms with Gasteiger partial charge in [0.15, 0.2) is 0 Å². The Morgan fingerprint density at radius 3 is 2.70 bits per heavy atom. The number of rotatable bonds is 5. The summed E-state index contributed by atoms with van der Waals surface area (Å²) < 4.78 is 9.12. The molecule has 30 heavy (non-hydrogen) atoms. The Kier molecular flexibility index (Phi) is 6.05. The van der Waals surface area contributed by atoms with Crippen molar-refractivity contribution < 1.29 is 4.74 Å². The van der Waals surface area contributed by atoms with Crippen LogP contribution in [0.3, 0.4) is 0 Å². The Morgan fingerprint density at radius 1 is 1.07 bits per heavy atom. The Morgan fingerprint density at radius 2 is 1.87 bits per heavy atom. The van der Waals surface area contributed by atoms with Gasteiger partial charge in [0, 0.05) is 25.8 Å². The molecule has 160 valence electrons. The number of aryl methyl sites for hydroxylation is 2.